The van der Waals surface area contributed by atoms with Crippen molar-refractivity contribution in [3.63, 3.8) is 0 Å². The number of hydrogen-bond acceptors (Lipinski definition) is 6. The zero-order valence-electron chi connectivity index (χ0n) is 16.2. The van der Waals surface area contributed by atoms with Gasteiger partial charge in [0.25, 0.3) is 0 Å². The molecule has 0 unspecified atom stereocenters. The highest BCUT2D eigenvalue weighted by atomic mass is 32.2. The minimum absolute atomic E-state index is 0.265. The lowest BCUT2D eigenvalue weighted by molar-refractivity contribution is -0.137. The Labute approximate surface area is 171 Å². The number of phenols is 1. The van der Waals surface area contributed by atoms with Crippen LogP contribution in [0.4, 0.5) is 19.0 Å². The summed E-state index contributed by atoms with van der Waals surface area (Å²) in [4.78, 5) is 0. The van der Waals surface area contributed by atoms with Gasteiger partial charge in [-0.25, -0.2) is 0 Å². The quantitative estimate of drug-likeness (QED) is 0.673. The monoisotopic (exact) mass is 424 g/mol. The van der Waals surface area contributed by atoms with Crippen molar-refractivity contribution in [2.75, 3.05) is 18.4 Å². The molecule has 0 saturated carbocycles. The van der Waals surface area contributed by atoms with Crippen LogP contribution in [-0.4, -0.2) is 34.4 Å². The van der Waals surface area contributed by atoms with Crippen LogP contribution in [0, 0.1) is 0 Å². The highest BCUT2D eigenvalue weighted by molar-refractivity contribution is 7.99. The molecule has 0 bridgehead atoms. The first kappa shape index (κ1) is 20.3. The number of aromatic nitrogens is 2. The van der Waals surface area contributed by atoms with Gasteiger partial charge in [0.1, 0.15) is 11.4 Å². The fourth-order valence-corrected chi connectivity index (χ4v) is 5.12. The van der Waals surface area contributed by atoms with Crippen LogP contribution in [-0.2, 0) is 16.7 Å². The zero-order chi connectivity index (χ0) is 20.8. The van der Waals surface area contributed by atoms with Gasteiger partial charge in [0.05, 0.1) is 5.56 Å². The number of anilines is 1. The Morgan fingerprint density at radius 1 is 1.28 bits per heavy atom. The Bertz CT molecular complexity index is 927. The number of halogens is 3. The van der Waals surface area contributed by atoms with Gasteiger partial charge >= 0.3 is 6.18 Å². The number of phenolic OH excluding ortho intramolecular Hbond substituents is 1. The summed E-state index contributed by atoms with van der Waals surface area (Å²) in [5.41, 5.74) is 1.74. The standard InChI is InChI=1S/C20H23F3N4OS/c1-19(2)16-14(10-29-19)18(25-12-4-3-7-24-9-12)27-26-17(16)13-6-5-11(8-15(13)28)20(21,22)23/h5-6,8,12,24,28H,3-4,7,9-10H2,1-2H3,(H,25,27)/t12-/m1/s1. The Morgan fingerprint density at radius 3 is 2.72 bits per heavy atom. The van der Waals surface area contributed by atoms with E-state index in [0.29, 0.717) is 5.69 Å². The summed E-state index contributed by atoms with van der Waals surface area (Å²) in [5.74, 6) is 1.01. The van der Waals surface area contributed by atoms with Crippen molar-refractivity contribution in [3.05, 3.63) is 34.9 Å². The minimum Gasteiger partial charge on any atom is -0.507 e. The molecule has 0 spiro atoms. The Hall–Kier alpha value is -2.00. The molecule has 1 aromatic carbocycles. The van der Waals surface area contributed by atoms with Gasteiger partial charge in [-0.15, -0.1) is 22.0 Å². The molecule has 1 fully saturated rings. The second-order valence-corrected chi connectivity index (χ2v) is 9.57. The van der Waals surface area contributed by atoms with Crippen molar-refractivity contribution in [1.29, 1.82) is 0 Å². The van der Waals surface area contributed by atoms with Crippen LogP contribution < -0.4 is 10.6 Å². The number of nitrogens with zero attached hydrogens (tertiary/aromatic N) is 2. The van der Waals surface area contributed by atoms with Gasteiger partial charge < -0.3 is 15.7 Å². The van der Waals surface area contributed by atoms with E-state index in [1.807, 2.05) is 0 Å². The SMILES string of the molecule is CC1(C)SCc2c(N[C@@H]3CCCNC3)nnc(-c3ccc(C(F)(F)F)cc3O)c21. The molecule has 1 atom stereocenters. The summed E-state index contributed by atoms with van der Waals surface area (Å²) in [7, 11) is 0. The maximum absolute atomic E-state index is 13.0. The van der Waals surface area contributed by atoms with Gasteiger partial charge in [-0.1, -0.05) is 0 Å². The fourth-order valence-electron chi connectivity index (χ4n) is 3.97. The molecule has 0 amide bonds. The zero-order valence-corrected chi connectivity index (χ0v) is 17.0. The summed E-state index contributed by atoms with van der Waals surface area (Å²) in [6.07, 6.45) is -2.38. The van der Waals surface area contributed by atoms with Crippen LogP contribution in [0.3, 0.4) is 0 Å². The van der Waals surface area contributed by atoms with E-state index >= 15 is 0 Å². The third kappa shape index (κ3) is 3.90. The van der Waals surface area contributed by atoms with Crippen molar-refractivity contribution in [2.45, 2.75) is 49.4 Å². The maximum atomic E-state index is 13.0. The molecule has 0 radical (unpaired) electrons. The summed E-state index contributed by atoms with van der Waals surface area (Å²) in [5, 5.41) is 25.9. The third-order valence-corrected chi connectivity index (χ3v) is 6.83. The van der Waals surface area contributed by atoms with Gasteiger partial charge in [0, 0.05) is 39.8 Å². The molecule has 9 heteroatoms. The first-order chi connectivity index (χ1) is 13.7. The smallest absolute Gasteiger partial charge is 0.416 e. The fraction of sp³-hybridized carbons (Fsp3) is 0.500. The lowest BCUT2D eigenvalue weighted by Crippen LogP contribution is -2.39. The van der Waals surface area contributed by atoms with Crippen LogP contribution in [0.2, 0.25) is 0 Å². The number of alkyl halides is 3. The molecule has 1 aromatic heterocycles. The topological polar surface area (TPSA) is 70.1 Å². The second-order valence-electron chi connectivity index (χ2n) is 7.97. The lowest BCUT2D eigenvalue weighted by atomic mass is 9.92. The Balaban J connectivity index is 1.76. The number of nitrogens with one attached hydrogen (secondary N) is 2. The summed E-state index contributed by atoms with van der Waals surface area (Å²) in [6.45, 7) is 5.98. The molecule has 3 N–H and O–H groups in total. The van der Waals surface area contributed by atoms with E-state index in [-0.39, 0.29) is 16.4 Å². The van der Waals surface area contributed by atoms with Gasteiger partial charge in [0.2, 0.25) is 0 Å². The average Bonchev–Trinajstić information content (AvgIpc) is 2.99. The number of rotatable bonds is 3. The van der Waals surface area contributed by atoms with E-state index in [1.54, 1.807) is 11.8 Å². The van der Waals surface area contributed by atoms with Crippen LogP contribution in [0.15, 0.2) is 18.2 Å². The molecule has 3 heterocycles. The van der Waals surface area contributed by atoms with E-state index in [0.717, 1.165) is 60.8 Å². The molecule has 156 valence electrons. The number of fused-ring (bicyclic) bond motifs is 1. The summed E-state index contributed by atoms with van der Waals surface area (Å²) in [6, 6.07) is 3.26. The molecule has 29 heavy (non-hydrogen) atoms. The highest BCUT2D eigenvalue weighted by Gasteiger charge is 2.38. The number of benzene rings is 1. The molecule has 2 aliphatic heterocycles. The van der Waals surface area contributed by atoms with Crippen LogP contribution in [0.1, 0.15) is 43.4 Å². The molecule has 0 aliphatic carbocycles. The first-order valence-electron chi connectivity index (χ1n) is 9.58. The predicted molar refractivity (Wildman–Crippen MR) is 108 cm³/mol. The van der Waals surface area contributed by atoms with Crippen LogP contribution in [0.25, 0.3) is 11.3 Å². The number of hydrogen-bond donors (Lipinski definition) is 3. The van der Waals surface area contributed by atoms with E-state index in [4.69, 9.17) is 0 Å². The predicted octanol–water partition coefficient (Wildman–Crippen LogP) is 4.51. The van der Waals surface area contributed by atoms with Gasteiger partial charge in [0.15, 0.2) is 5.82 Å². The van der Waals surface area contributed by atoms with E-state index in [1.165, 1.54) is 6.07 Å². The minimum atomic E-state index is -4.51. The second kappa shape index (κ2) is 7.36. The van der Waals surface area contributed by atoms with Gasteiger partial charge in [-0.05, 0) is 51.4 Å². The van der Waals surface area contributed by atoms with Crippen molar-refractivity contribution < 1.29 is 18.3 Å². The highest BCUT2D eigenvalue weighted by Crippen LogP contribution is 2.52. The Kier molecular flexibility index (Phi) is 5.14. The van der Waals surface area contributed by atoms with Gasteiger partial charge in [-0.2, -0.15) is 13.2 Å². The summed E-state index contributed by atoms with van der Waals surface area (Å²) >= 11 is 1.73. The van der Waals surface area contributed by atoms with E-state index < -0.39 is 17.5 Å². The molecular formula is C20H23F3N4OS. The van der Waals surface area contributed by atoms with Crippen molar-refractivity contribution in [2.24, 2.45) is 0 Å². The Morgan fingerprint density at radius 2 is 2.07 bits per heavy atom. The van der Waals surface area contributed by atoms with Crippen LogP contribution >= 0.6 is 11.8 Å². The molecule has 5 nitrogen and oxygen atoms in total. The largest absolute Gasteiger partial charge is 0.507 e. The molecule has 2 aromatic rings. The molecule has 4 rings (SSSR count). The van der Waals surface area contributed by atoms with E-state index in [2.05, 4.69) is 34.7 Å². The van der Waals surface area contributed by atoms with E-state index in [9.17, 15) is 18.3 Å². The average molecular weight is 424 g/mol. The van der Waals surface area contributed by atoms with Gasteiger partial charge in [-0.3, -0.25) is 0 Å². The number of aromatic hydroxyl groups is 1. The molecule has 2 aliphatic rings. The van der Waals surface area contributed by atoms with Crippen molar-refractivity contribution >= 4 is 17.6 Å². The van der Waals surface area contributed by atoms with Crippen molar-refractivity contribution in [3.8, 4) is 17.0 Å². The normalized spacial score (nSPS) is 21.1. The molecule has 1 saturated heterocycles. The first-order valence-corrected chi connectivity index (χ1v) is 10.6. The van der Waals surface area contributed by atoms with Crippen molar-refractivity contribution in [1.82, 2.24) is 15.5 Å². The lowest BCUT2D eigenvalue weighted by Gasteiger charge is -2.26. The molecular weight excluding hydrogens is 401 g/mol. The maximum Gasteiger partial charge on any atom is 0.416 e. The van der Waals surface area contributed by atoms with Crippen LogP contribution in [0.5, 0.6) is 5.75 Å². The third-order valence-electron chi connectivity index (χ3n) is 5.47. The summed E-state index contributed by atoms with van der Waals surface area (Å²) < 4.78 is 38.6. The number of thioether (sulfide) groups is 1. The number of piperidine rings is 1.